The molecule has 1 rings (SSSR count). The summed E-state index contributed by atoms with van der Waals surface area (Å²) in [4.78, 5) is 10.4. The Morgan fingerprint density at radius 2 is 2.62 bits per heavy atom. The van der Waals surface area contributed by atoms with Gasteiger partial charge in [-0.2, -0.15) is 0 Å². The van der Waals surface area contributed by atoms with Crippen LogP contribution in [0, 0.1) is 0 Å². The Balaban J connectivity index is 2.42. The van der Waals surface area contributed by atoms with E-state index in [4.69, 9.17) is 0 Å². The van der Waals surface area contributed by atoms with Crippen molar-refractivity contribution in [3.8, 4) is 0 Å². The van der Waals surface area contributed by atoms with Crippen molar-refractivity contribution in [2.75, 3.05) is 13.2 Å². The van der Waals surface area contributed by atoms with Crippen LogP contribution in [0.3, 0.4) is 0 Å². The molecular weight excluding hydrogens is 146 g/mol. The number of hydrogen-bond donors (Lipinski definition) is 1. The van der Waals surface area contributed by atoms with Gasteiger partial charge in [0.15, 0.2) is 0 Å². The van der Waals surface area contributed by atoms with Crippen molar-refractivity contribution in [1.29, 1.82) is 0 Å². The largest absolute Gasteiger partial charge is 0.447 e. The monoisotopic (exact) mass is 151 g/mol. The van der Waals surface area contributed by atoms with E-state index in [0.717, 1.165) is 11.0 Å². The Labute approximate surface area is 56.3 Å². The van der Waals surface area contributed by atoms with Crippen molar-refractivity contribution in [3.63, 3.8) is 0 Å². The molecule has 0 aromatic heterocycles. The van der Waals surface area contributed by atoms with Crippen molar-refractivity contribution in [3.05, 3.63) is 0 Å². The number of carbonyl (C=O) groups is 1. The smallest absolute Gasteiger partial charge is 0.420 e. The second-order valence-electron chi connectivity index (χ2n) is 1.30. The van der Waals surface area contributed by atoms with E-state index in [2.05, 4.69) is 16.4 Å². The van der Waals surface area contributed by atoms with Crippen LogP contribution in [0.1, 0.15) is 0 Å². The second kappa shape index (κ2) is 2.50. The first-order chi connectivity index (χ1) is 3.84. The molecule has 0 saturated carbocycles. The fraction of sp³-hybridized carbons (Fsp3) is 0.667. The SMILES string of the molecule is O=C1OCCN1SS. The lowest BCUT2D eigenvalue weighted by Gasteiger charge is -2.02. The summed E-state index contributed by atoms with van der Waals surface area (Å²) in [7, 11) is 1.09. The van der Waals surface area contributed by atoms with E-state index in [9.17, 15) is 4.79 Å². The molecule has 0 radical (unpaired) electrons. The normalized spacial score (nSPS) is 19.1. The lowest BCUT2D eigenvalue weighted by molar-refractivity contribution is 0.171. The van der Waals surface area contributed by atoms with E-state index in [1.165, 1.54) is 4.31 Å². The van der Waals surface area contributed by atoms with Crippen molar-refractivity contribution in [1.82, 2.24) is 4.31 Å². The maximum atomic E-state index is 10.4. The third-order valence-electron chi connectivity index (χ3n) is 0.822. The quantitative estimate of drug-likeness (QED) is 0.343. The van der Waals surface area contributed by atoms with Gasteiger partial charge in [-0.05, 0) is 0 Å². The zero-order valence-corrected chi connectivity index (χ0v) is 5.74. The fourth-order valence-corrected chi connectivity index (χ4v) is 1.17. The van der Waals surface area contributed by atoms with Crippen LogP contribution in [-0.2, 0) is 4.74 Å². The fourth-order valence-electron chi connectivity index (χ4n) is 0.453. The van der Waals surface area contributed by atoms with E-state index in [-0.39, 0.29) is 6.09 Å². The topological polar surface area (TPSA) is 29.5 Å². The number of carbonyl (C=O) groups excluding carboxylic acids is 1. The Kier molecular flexibility index (Phi) is 1.90. The molecule has 0 N–H and O–H groups in total. The summed E-state index contributed by atoms with van der Waals surface area (Å²) in [6, 6.07) is 0. The third kappa shape index (κ3) is 1.03. The first-order valence-electron chi connectivity index (χ1n) is 2.10. The molecule has 0 spiro atoms. The molecule has 5 heteroatoms. The summed E-state index contributed by atoms with van der Waals surface area (Å²) >= 11 is 3.82. The van der Waals surface area contributed by atoms with Crippen LogP contribution in [0.15, 0.2) is 0 Å². The molecule has 1 aliphatic heterocycles. The van der Waals surface area contributed by atoms with Gasteiger partial charge in [-0.15, -0.1) is 0 Å². The highest BCUT2D eigenvalue weighted by molar-refractivity contribution is 8.67. The summed E-state index contributed by atoms with van der Waals surface area (Å²) in [6.07, 6.45) is -0.287. The molecule has 0 bridgehead atoms. The molecule has 1 fully saturated rings. The van der Waals surface area contributed by atoms with Crippen LogP contribution in [0.5, 0.6) is 0 Å². The summed E-state index contributed by atoms with van der Waals surface area (Å²) in [5, 5.41) is 0. The van der Waals surface area contributed by atoms with Crippen LogP contribution in [0.25, 0.3) is 0 Å². The standard InChI is InChI=1S/C3H5NO2S2/c5-3-4(8-7)1-2-6-3/h7H,1-2H2. The van der Waals surface area contributed by atoms with Gasteiger partial charge in [0.1, 0.15) is 6.61 Å². The lowest BCUT2D eigenvalue weighted by atomic mass is 10.7. The molecule has 0 atom stereocenters. The minimum absolute atomic E-state index is 0.287. The number of hydrogen-bond acceptors (Lipinski definition) is 4. The lowest BCUT2D eigenvalue weighted by Crippen LogP contribution is -2.12. The van der Waals surface area contributed by atoms with Crippen LogP contribution in [0.2, 0.25) is 0 Å². The number of thiol groups is 1. The minimum Gasteiger partial charge on any atom is -0.447 e. The summed E-state index contributed by atoms with van der Waals surface area (Å²) < 4.78 is 6.02. The first-order valence-corrected chi connectivity index (χ1v) is 3.93. The average Bonchev–Trinajstić information content (AvgIpc) is 2.14. The second-order valence-corrected chi connectivity index (χ2v) is 2.39. The molecule has 0 aromatic rings. The zero-order valence-electron chi connectivity index (χ0n) is 4.03. The van der Waals surface area contributed by atoms with E-state index < -0.39 is 0 Å². The van der Waals surface area contributed by atoms with Gasteiger partial charge in [0.2, 0.25) is 0 Å². The van der Waals surface area contributed by atoms with Crippen LogP contribution < -0.4 is 0 Å². The predicted octanol–water partition coefficient (Wildman–Crippen LogP) is 0.932. The molecule has 1 amide bonds. The van der Waals surface area contributed by atoms with Crippen molar-refractivity contribution in [2.45, 2.75) is 0 Å². The molecule has 46 valence electrons. The van der Waals surface area contributed by atoms with Crippen LogP contribution in [-0.4, -0.2) is 23.6 Å². The molecule has 0 unspecified atom stereocenters. The zero-order chi connectivity index (χ0) is 5.98. The number of rotatable bonds is 1. The van der Waals surface area contributed by atoms with Gasteiger partial charge in [-0.3, -0.25) is 0 Å². The molecular formula is C3H5NO2S2. The van der Waals surface area contributed by atoms with E-state index in [1.807, 2.05) is 0 Å². The van der Waals surface area contributed by atoms with Gasteiger partial charge in [0.05, 0.1) is 6.54 Å². The molecule has 1 aliphatic rings. The Morgan fingerprint density at radius 3 is 2.88 bits per heavy atom. The first kappa shape index (κ1) is 6.10. The van der Waals surface area contributed by atoms with Gasteiger partial charge < -0.3 is 4.74 Å². The van der Waals surface area contributed by atoms with Gasteiger partial charge in [0, 0.05) is 11.0 Å². The minimum atomic E-state index is -0.287. The van der Waals surface area contributed by atoms with Crippen molar-refractivity contribution in [2.24, 2.45) is 0 Å². The van der Waals surface area contributed by atoms with Crippen molar-refractivity contribution < 1.29 is 9.53 Å². The predicted molar refractivity (Wildman–Crippen MR) is 34.6 cm³/mol. The van der Waals surface area contributed by atoms with Crippen molar-refractivity contribution >= 4 is 28.7 Å². The summed E-state index contributed by atoms with van der Waals surface area (Å²) in [6.45, 7) is 1.14. The number of ether oxygens (including phenoxy) is 1. The maximum absolute atomic E-state index is 10.4. The maximum Gasteiger partial charge on any atom is 0.420 e. The van der Waals surface area contributed by atoms with Gasteiger partial charge in [-0.1, -0.05) is 11.7 Å². The van der Waals surface area contributed by atoms with E-state index in [1.54, 1.807) is 0 Å². The van der Waals surface area contributed by atoms with E-state index in [0.29, 0.717) is 13.2 Å². The van der Waals surface area contributed by atoms with Gasteiger partial charge >= 0.3 is 6.09 Å². The molecule has 1 heterocycles. The molecule has 0 aromatic carbocycles. The average molecular weight is 151 g/mol. The Hall–Kier alpha value is -0.0300. The summed E-state index contributed by atoms with van der Waals surface area (Å²) in [5.74, 6) is 0. The highest BCUT2D eigenvalue weighted by Crippen LogP contribution is 2.18. The Morgan fingerprint density at radius 1 is 1.88 bits per heavy atom. The van der Waals surface area contributed by atoms with Gasteiger partial charge in [0.25, 0.3) is 0 Å². The number of amides is 1. The van der Waals surface area contributed by atoms with Crippen LogP contribution in [0.4, 0.5) is 4.79 Å². The number of cyclic esters (lactones) is 1. The third-order valence-corrected chi connectivity index (χ3v) is 1.94. The highest BCUT2D eigenvalue weighted by Gasteiger charge is 2.20. The van der Waals surface area contributed by atoms with Crippen LogP contribution >= 0.6 is 22.6 Å². The molecule has 0 aliphatic carbocycles. The molecule has 1 saturated heterocycles. The molecule has 3 nitrogen and oxygen atoms in total. The van der Waals surface area contributed by atoms with Gasteiger partial charge in [-0.25, -0.2) is 9.10 Å². The molecule has 8 heavy (non-hydrogen) atoms. The number of nitrogens with zero attached hydrogens (tertiary/aromatic N) is 1. The summed E-state index contributed by atoms with van der Waals surface area (Å²) in [5.41, 5.74) is 0. The van der Waals surface area contributed by atoms with E-state index >= 15 is 0 Å². The highest BCUT2D eigenvalue weighted by atomic mass is 33.1. The Bertz CT molecular complexity index is 107.